The molecule has 30 heavy (non-hydrogen) atoms. The molecule has 0 radical (unpaired) electrons. The molecule has 0 aliphatic carbocycles. The molecule has 8 nitrogen and oxygen atoms in total. The topological polar surface area (TPSA) is 86.4 Å². The van der Waals surface area contributed by atoms with Crippen molar-refractivity contribution in [3.8, 4) is 0 Å². The van der Waals surface area contributed by atoms with Crippen molar-refractivity contribution in [2.45, 2.75) is 39.6 Å². The minimum absolute atomic E-state index is 0.0737. The van der Waals surface area contributed by atoms with Gasteiger partial charge in [-0.25, -0.2) is 0 Å². The van der Waals surface area contributed by atoms with Crippen LogP contribution in [-0.2, 0) is 25.6 Å². The lowest BCUT2D eigenvalue weighted by molar-refractivity contribution is -0.00531. The van der Waals surface area contributed by atoms with Gasteiger partial charge in [-0.3, -0.25) is 0 Å². The third-order valence-corrected chi connectivity index (χ3v) is 5.06. The first-order valence-corrected chi connectivity index (χ1v) is 10.4. The summed E-state index contributed by atoms with van der Waals surface area (Å²) in [7, 11) is 3.30. The van der Waals surface area contributed by atoms with E-state index in [1.54, 1.807) is 14.2 Å². The van der Waals surface area contributed by atoms with Crippen LogP contribution in [0.5, 0.6) is 0 Å². The quantitative estimate of drug-likeness (QED) is 0.621. The number of aliphatic hydroxyl groups is 1. The molecule has 2 aromatic rings. The molecular formula is C21H33ClN2O6. The van der Waals surface area contributed by atoms with E-state index in [9.17, 15) is 5.11 Å². The highest BCUT2D eigenvalue weighted by molar-refractivity contribution is 6.37. The van der Waals surface area contributed by atoms with Gasteiger partial charge in [0.1, 0.15) is 5.02 Å². The Labute approximate surface area is 182 Å². The zero-order valence-electron chi connectivity index (χ0n) is 18.4. The van der Waals surface area contributed by atoms with Crippen LogP contribution in [0, 0.1) is 6.92 Å². The maximum Gasteiger partial charge on any atom is 0.187 e. The Morgan fingerprint density at radius 1 is 1.13 bits per heavy atom. The van der Waals surface area contributed by atoms with Gasteiger partial charge in [-0.05, 0) is 26.8 Å². The van der Waals surface area contributed by atoms with E-state index in [1.165, 1.54) is 0 Å². The van der Waals surface area contributed by atoms with E-state index in [4.69, 9.17) is 35.1 Å². The normalized spacial score (nSPS) is 19.1. The smallest absolute Gasteiger partial charge is 0.187 e. The molecule has 0 amide bonds. The molecule has 1 saturated heterocycles. The van der Waals surface area contributed by atoms with Crippen molar-refractivity contribution in [3.63, 3.8) is 0 Å². The Kier molecular flexibility index (Phi) is 10.3. The fraction of sp³-hybridized carbons (Fsp3) is 0.667. The lowest BCUT2D eigenvalue weighted by Crippen LogP contribution is -2.46. The van der Waals surface area contributed by atoms with E-state index in [0.29, 0.717) is 37.0 Å². The van der Waals surface area contributed by atoms with Crippen LogP contribution in [0.1, 0.15) is 25.1 Å². The summed E-state index contributed by atoms with van der Waals surface area (Å²) in [5, 5.41) is 15.1. The van der Waals surface area contributed by atoms with Crippen molar-refractivity contribution < 1.29 is 28.6 Å². The average Bonchev–Trinajstić information content (AvgIpc) is 3.08. The molecule has 2 heterocycles. The average molecular weight is 445 g/mol. The van der Waals surface area contributed by atoms with Gasteiger partial charge in [0.15, 0.2) is 5.58 Å². The molecule has 0 unspecified atom stereocenters. The number of morpholine rings is 1. The Morgan fingerprint density at radius 2 is 1.73 bits per heavy atom. The molecule has 1 aliphatic rings. The number of aliphatic hydroxyl groups excluding tert-OH is 1. The molecule has 0 spiro atoms. The van der Waals surface area contributed by atoms with Gasteiger partial charge in [-0.2, -0.15) is 0 Å². The Balaban J connectivity index is 0.000000303. The zero-order valence-corrected chi connectivity index (χ0v) is 19.2. The van der Waals surface area contributed by atoms with Crippen LogP contribution in [0.4, 0.5) is 5.69 Å². The summed E-state index contributed by atoms with van der Waals surface area (Å²) in [6, 6.07) is 1.91. The molecule has 0 saturated carbocycles. The predicted molar refractivity (Wildman–Crippen MR) is 116 cm³/mol. The highest BCUT2D eigenvalue weighted by Gasteiger charge is 2.27. The summed E-state index contributed by atoms with van der Waals surface area (Å²) in [5.74, 6) is 0. The molecular weight excluding hydrogens is 412 g/mol. The van der Waals surface area contributed by atoms with Crippen LogP contribution >= 0.6 is 11.6 Å². The van der Waals surface area contributed by atoms with Gasteiger partial charge in [0.25, 0.3) is 0 Å². The second-order valence-electron chi connectivity index (χ2n) is 7.26. The van der Waals surface area contributed by atoms with Gasteiger partial charge in [-0.15, -0.1) is 0 Å². The molecule has 1 aromatic carbocycles. The molecule has 0 bridgehead atoms. The molecule has 3 rings (SSSR count). The van der Waals surface area contributed by atoms with E-state index < -0.39 is 0 Å². The van der Waals surface area contributed by atoms with Crippen LogP contribution in [-0.4, -0.2) is 76.2 Å². The maximum absolute atomic E-state index is 9.73. The summed E-state index contributed by atoms with van der Waals surface area (Å²) in [5.41, 5.74) is 2.97. The Bertz CT molecular complexity index is 768. The number of benzene rings is 1. The van der Waals surface area contributed by atoms with Crippen molar-refractivity contribution in [2.75, 3.05) is 58.6 Å². The lowest BCUT2D eigenvalue weighted by Gasteiger charge is -2.38. The SMILES string of the molecule is COCCOCCOC.Cc1noc2c(Cl)c(N3C[C@@H](C)O[C@@H](C)C3)c(CO)cc12. The molecule has 9 heteroatoms. The number of hydrogen-bond acceptors (Lipinski definition) is 8. The fourth-order valence-corrected chi connectivity index (χ4v) is 3.78. The number of ether oxygens (including phenoxy) is 4. The van der Waals surface area contributed by atoms with Gasteiger partial charge in [0.05, 0.1) is 56.6 Å². The second-order valence-corrected chi connectivity index (χ2v) is 7.64. The summed E-state index contributed by atoms with van der Waals surface area (Å²) in [6.07, 6.45) is 0.229. The number of aromatic nitrogens is 1. The molecule has 1 aliphatic heterocycles. The molecule has 2 atom stereocenters. The largest absolute Gasteiger partial charge is 0.392 e. The molecule has 1 N–H and O–H groups in total. The Morgan fingerprint density at radius 3 is 2.27 bits per heavy atom. The number of anilines is 1. The summed E-state index contributed by atoms with van der Waals surface area (Å²) in [4.78, 5) is 2.16. The van der Waals surface area contributed by atoms with Gasteiger partial charge in [-0.1, -0.05) is 16.8 Å². The molecule has 1 aromatic heterocycles. The van der Waals surface area contributed by atoms with Crippen LogP contribution in [0.2, 0.25) is 5.02 Å². The summed E-state index contributed by atoms with van der Waals surface area (Å²) >= 11 is 6.54. The monoisotopic (exact) mass is 444 g/mol. The standard InChI is InChI=1S/C15H19ClN2O3.C6H14O3/c1-8-5-18(6-9(2)20-8)14-11(7-19)4-12-10(3)17-21-15(12)13(14)16;1-7-3-5-9-6-4-8-2/h4,8-9,19H,5-7H2,1-3H3;3-6H2,1-2H3/t8-,9+;. The van der Waals surface area contributed by atoms with Crippen molar-refractivity contribution in [1.82, 2.24) is 5.16 Å². The third kappa shape index (κ3) is 6.54. The lowest BCUT2D eigenvalue weighted by atomic mass is 10.1. The first-order chi connectivity index (χ1) is 14.4. The second kappa shape index (κ2) is 12.4. The van der Waals surface area contributed by atoms with Gasteiger partial charge >= 0.3 is 0 Å². The molecule has 1 fully saturated rings. The minimum atomic E-state index is -0.0737. The van der Waals surface area contributed by atoms with E-state index in [2.05, 4.69) is 10.1 Å². The van der Waals surface area contributed by atoms with Crippen molar-refractivity contribution in [2.24, 2.45) is 0 Å². The Hall–Kier alpha value is -1.42. The van der Waals surface area contributed by atoms with Crippen LogP contribution < -0.4 is 4.90 Å². The van der Waals surface area contributed by atoms with Gasteiger partial charge in [0, 0.05) is 38.3 Å². The van der Waals surface area contributed by atoms with E-state index >= 15 is 0 Å². The van der Waals surface area contributed by atoms with Crippen molar-refractivity contribution in [1.29, 1.82) is 0 Å². The predicted octanol–water partition coefficient (Wildman–Crippen LogP) is 3.19. The minimum Gasteiger partial charge on any atom is -0.392 e. The highest BCUT2D eigenvalue weighted by Crippen LogP contribution is 2.39. The van der Waals surface area contributed by atoms with E-state index in [1.807, 2.05) is 26.8 Å². The maximum atomic E-state index is 9.73. The highest BCUT2D eigenvalue weighted by atomic mass is 35.5. The van der Waals surface area contributed by atoms with Crippen LogP contribution in [0.3, 0.4) is 0 Å². The van der Waals surface area contributed by atoms with Crippen molar-refractivity contribution >= 4 is 28.3 Å². The third-order valence-electron chi connectivity index (χ3n) is 4.71. The van der Waals surface area contributed by atoms with Crippen molar-refractivity contribution in [3.05, 3.63) is 22.3 Å². The van der Waals surface area contributed by atoms with E-state index in [0.717, 1.165) is 35.4 Å². The zero-order chi connectivity index (χ0) is 22.1. The van der Waals surface area contributed by atoms with E-state index in [-0.39, 0.29) is 18.8 Å². The summed E-state index contributed by atoms with van der Waals surface area (Å²) < 4.78 is 25.7. The van der Waals surface area contributed by atoms with Gasteiger partial charge < -0.3 is 33.5 Å². The number of methoxy groups -OCH3 is 2. The fourth-order valence-electron chi connectivity index (χ4n) is 3.41. The number of rotatable bonds is 8. The molecule has 170 valence electrons. The first kappa shape index (κ1) is 24.8. The van der Waals surface area contributed by atoms with Gasteiger partial charge in [0.2, 0.25) is 0 Å². The summed E-state index contributed by atoms with van der Waals surface area (Å²) in [6.45, 7) is 9.94. The first-order valence-electron chi connectivity index (χ1n) is 10.1. The number of aryl methyl sites for hydroxylation is 1. The van der Waals surface area contributed by atoms with Crippen LogP contribution in [0.25, 0.3) is 11.0 Å². The number of hydrogen-bond donors (Lipinski definition) is 1. The number of fused-ring (bicyclic) bond motifs is 1. The number of halogens is 1. The van der Waals surface area contributed by atoms with Crippen LogP contribution in [0.15, 0.2) is 10.6 Å². The number of nitrogens with zero attached hydrogens (tertiary/aromatic N) is 2.